The van der Waals surface area contributed by atoms with Crippen molar-refractivity contribution < 1.29 is 14.3 Å². The molecule has 182 valence electrons. The van der Waals surface area contributed by atoms with E-state index in [-0.39, 0.29) is 11.8 Å². The largest absolute Gasteiger partial charge is 0.417 e. The first kappa shape index (κ1) is 24.3. The summed E-state index contributed by atoms with van der Waals surface area (Å²) in [7, 11) is 0. The molecule has 0 bridgehead atoms. The second-order valence-electron chi connectivity index (χ2n) is 9.35. The molecule has 0 aromatic heterocycles. The van der Waals surface area contributed by atoms with E-state index >= 15 is 0 Å². The fourth-order valence-corrected chi connectivity index (χ4v) is 4.50. The first-order chi connectivity index (χ1) is 16.9. The van der Waals surface area contributed by atoms with Crippen molar-refractivity contribution in [2.45, 2.75) is 45.6 Å². The molecule has 35 heavy (non-hydrogen) atoms. The summed E-state index contributed by atoms with van der Waals surface area (Å²) in [4.78, 5) is 26.3. The molecule has 1 aliphatic heterocycles. The van der Waals surface area contributed by atoms with E-state index in [0.717, 1.165) is 25.2 Å². The molecule has 3 aromatic carbocycles. The van der Waals surface area contributed by atoms with Crippen LogP contribution in [0, 0.1) is 0 Å². The van der Waals surface area contributed by atoms with Gasteiger partial charge in [-0.2, -0.15) is 0 Å². The van der Waals surface area contributed by atoms with Crippen LogP contribution in [0.3, 0.4) is 0 Å². The molecule has 1 aliphatic rings. The Morgan fingerprint density at radius 1 is 1.03 bits per heavy atom. The molecule has 6 nitrogen and oxygen atoms in total. The quantitative estimate of drug-likeness (QED) is 0.419. The monoisotopic (exact) mass is 471 g/mol. The summed E-state index contributed by atoms with van der Waals surface area (Å²) in [5.74, 6) is 1.16. The highest BCUT2D eigenvalue weighted by Crippen LogP contribution is 2.40. The Balaban J connectivity index is 1.47. The normalized spacial score (nSPS) is 14.5. The summed E-state index contributed by atoms with van der Waals surface area (Å²) in [6.07, 6.45) is 0.310. The van der Waals surface area contributed by atoms with Crippen molar-refractivity contribution in [1.82, 2.24) is 5.32 Å². The van der Waals surface area contributed by atoms with Gasteiger partial charge in [-0.25, -0.2) is 4.79 Å². The minimum atomic E-state index is -0.517. The van der Waals surface area contributed by atoms with Crippen LogP contribution in [0.1, 0.15) is 55.7 Å². The zero-order chi connectivity index (χ0) is 24.8. The van der Waals surface area contributed by atoms with Gasteiger partial charge in [-0.1, -0.05) is 56.3 Å². The Morgan fingerprint density at radius 3 is 2.46 bits per heavy atom. The van der Waals surface area contributed by atoms with Gasteiger partial charge in [0.1, 0.15) is 5.75 Å². The molecule has 0 radical (unpaired) electrons. The summed E-state index contributed by atoms with van der Waals surface area (Å²) in [6, 6.07) is 24.0. The molecule has 6 heteroatoms. The lowest BCUT2D eigenvalue weighted by Crippen LogP contribution is -2.25. The molecular formula is C29H33N3O3. The van der Waals surface area contributed by atoms with E-state index in [4.69, 9.17) is 4.74 Å². The molecule has 1 heterocycles. The average Bonchev–Trinajstić information content (AvgIpc) is 3.16. The summed E-state index contributed by atoms with van der Waals surface area (Å²) >= 11 is 0. The lowest BCUT2D eigenvalue weighted by atomic mass is 9.97. The maximum Gasteiger partial charge on any atom is 0.417 e. The van der Waals surface area contributed by atoms with Crippen molar-refractivity contribution in [3.8, 4) is 5.75 Å². The molecular weight excluding hydrogens is 438 g/mol. The second kappa shape index (κ2) is 11.1. The first-order valence-electron chi connectivity index (χ1n) is 12.1. The zero-order valence-electron chi connectivity index (χ0n) is 20.6. The van der Waals surface area contributed by atoms with Crippen LogP contribution in [-0.2, 0) is 11.3 Å². The summed E-state index contributed by atoms with van der Waals surface area (Å²) < 4.78 is 5.48. The number of hydrogen-bond acceptors (Lipinski definition) is 4. The lowest BCUT2D eigenvalue weighted by molar-refractivity contribution is -0.118. The Morgan fingerprint density at radius 2 is 1.77 bits per heavy atom. The number of fused-ring (bicyclic) bond motifs is 1. The van der Waals surface area contributed by atoms with Gasteiger partial charge in [0.15, 0.2) is 0 Å². The van der Waals surface area contributed by atoms with Crippen LogP contribution in [0.5, 0.6) is 5.75 Å². The van der Waals surface area contributed by atoms with Gasteiger partial charge in [-0.3, -0.25) is 10.1 Å². The van der Waals surface area contributed by atoms with E-state index in [1.807, 2.05) is 42.5 Å². The highest BCUT2D eigenvalue weighted by atomic mass is 16.6. The van der Waals surface area contributed by atoms with E-state index in [9.17, 15) is 9.59 Å². The number of carbonyl (C=O) groups excluding carboxylic acids is 2. The fraction of sp³-hybridized carbons (Fsp3) is 0.310. The van der Waals surface area contributed by atoms with E-state index in [2.05, 4.69) is 59.7 Å². The summed E-state index contributed by atoms with van der Waals surface area (Å²) in [5.41, 5.74) is 5.46. The van der Waals surface area contributed by atoms with Crippen molar-refractivity contribution in [2.24, 2.45) is 0 Å². The lowest BCUT2D eigenvalue weighted by Gasteiger charge is -2.20. The van der Waals surface area contributed by atoms with Crippen molar-refractivity contribution in [3.63, 3.8) is 0 Å². The summed E-state index contributed by atoms with van der Waals surface area (Å²) in [5, 5.41) is 5.77. The van der Waals surface area contributed by atoms with Gasteiger partial charge in [0, 0.05) is 43.9 Å². The Bertz CT molecular complexity index is 1160. The first-order valence-corrected chi connectivity index (χ1v) is 12.1. The number of nitrogens with one attached hydrogen (secondary N) is 2. The van der Waals surface area contributed by atoms with Crippen LogP contribution in [0.15, 0.2) is 72.8 Å². The van der Waals surface area contributed by atoms with Gasteiger partial charge in [0.05, 0.1) is 0 Å². The topological polar surface area (TPSA) is 70.7 Å². The molecule has 0 spiro atoms. The molecule has 2 amide bonds. The molecule has 1 atom stereocenters. The maximum absolute atomic E-state index is 12.5. The molecule has 0 fully saturated rings. The number of anilines is 2. The Kier molecular flexibility index (Phi) is 7.70. The van der Waals surface area contributed by atoms with Crippen LogP contribution in [0.25, 0.3) is 0 Å². The molecule has 2 N–H and O–H groups in total. The molecule has 4 rings (SSSR count). The number of amides is 2. The molecule has 0 saturated heterocycles. The minimum absolute atomic E-state index is 0.0241. The van der Waals surface area contributed by atoms with E-state index in [0.29, 0.717) is 23.9 Å². The van der Waals surface area contributed by atoms with Gasteiger partial charge < -0.3 is 15.0 Å². The summed E-state index contributed by atoms with van der Waals surface area (Å²) in [6.45, 7) is 8.08. The molecule has 0 aliphatic carbocycles. The molecule has 3 aromatic rings. The van der Waals surface area contributed by atoms with Crippen LogP contribution in [0.2, 0.25) is 0 Å². The number of carbonyl (C=O) groups is 2. The SMILES string of the molecule is CC(=O)NCCC1CN(Cc2ccccc2)c2ccc(NC(=O)Oc3ccc(C(C)C)cc3)cc21. The molecule has 0 saturated carbocycles. The van der Waals surface area contributed by atoms with Gasteiger partial charge in [-0.15, -0.1) is 0 Å². The number of hydrogen-bond donors (Lipinski definition) is 2. The van der Waals surface area contributed by atoms with Crippen LogP contribution >= 0.6 is 0 Å². The highest BCUT2D eigenvalue weighted by molar-refractivity contribution is 5.87. The van der Waals surface area contributed by atoms with Crippen LogP contribution < -0.4 is 20.3 Å². The predicted molar refractivity (Wildman–Crippen MR) is 140 cm³/mol. The third kappa shape index (κ3) is 6.41. The number of ether oxygens (including phenoxy) is 1. The molecule has 1 unspecified atom stereocenters. The van der Waals surface area contributed by atoms with Gasteiger partial charge in [0.25, 0.3) is 0 Å². The second-order valence-corrected chi connectivity index (χ2v) is 9.35. The van der Waals surface area contributed by atoms with Crippen molar-refractivity contribution in [1.29, 1.82) is 0 Å². The van der Waals surface area contributed by atoms with Crippen LogP contribution in [0.4, 0.5) is 16.2 Å². The Labute approximate surface area is 207 Å². The van der Waals surface area contributed by atoms with Crippen molar-refractivity contribution in [2.75, 3.05) is 23.3 Å². The minimum Gasteiger partial charge on any atom is -0.410 e. The van der Waals surface area contributed by atoms with Crippen LogP contribution in [-0.4, -0.2) is 25.1 Å². The number of benzene rings is 3. The fourth-order valence-electron chi connectivity index (χ4n) is 4.50. The van der Waals surface area contributed by atoms with E-state index in [1.165, 1.54) is 23.6 Å². The standard InChI is InChI=1S/C29H33N3O3/c1-20(2)23-9-12-26(13-10-23)35-29(34)31-25-11-14-28-27(17-25)24(15-16-30-21(3)33)19-32(28)18-22-7-5-4-6-8-22/h4-14,17,20,24H,15-16,18-19H2,1-3H3,(H,30,33)(H,31,34). The van der Waals surface area contributed by atoms with Crippen molar-refractivity contribution >= 4 is 23.4 Å². The van der Waals surface area contributed by atoms with E-state index < -0.39 is 6.09 Å². The number of nitrogens with zero attached hydrogens (tertiary/aromatic N) is 1. The Hall–Kier alpha value is -3.80. The van der Waals surface area contributed by atoms with Crippen molar-refractivity contribution in [3.05, 3.63) is 89.5 Å². The zero-order valence-corrected chi connectivity index (χ0v) is 20.6. The third-order valence-electron chi connectivity index (χ3n) is 6.34. The average molecular weight is 472 g/mol. The van der Waals surface area contributed by atoms with Gasteiger partial charge in [0.2, 0.25) is 5.91 Å². The van der Waals surface area contributed by atoms with Gasteiger partial charge >= 0.3 is 6.09 Å². The highest BCUT2D eigenvalue weighted by Gasteiger charge is 2.29. The maximum atomic E-state index is 12.5. The predicted octanol–water partition coefficient (Wildman–Crippen LogP) is 6.05. The number of rotatable bonds is 8. The smallest absolute Gasteiger partial charge is 0.410 e. The third-order valence-corrected chi connectivity index (χ3v) is 6.34. The van der Waals surface area contributed by atoms with E-state index in [1.54, 1.807) is 0 Å². The van der Waals surface area contributed by atoms with Gasteiger partial charge in [-0.05, 0) is 59.4 Å².